The zero-order chi connectivity index (χ0) is 11.1. The van der Waals surface area contributed by atoms with Crippen LogP contribution >= 0.6 is 0 Å². The summed E-state index contributed by atoms with van der Waals surface area (Å²) in [6.45, 7) is 0. The average molecular weight is 231 g/mol. The van der Waals surface area contributed by atoms with Gasteiger partial charge in [0, 0.05) is 12.3 Å². The molecule has 88 valence electrons. The van der Waals surface area contributed by atoms with Crippen molar-refractivity contribution in [3.8, 4) is 0 Å². The molecule has 4 unspecified atom stereocenters. The fourth-order valence-electron chi connectivity index (χ4n) is 3.51. The first-order valence-corrected chi connectivity index (χ1v) is 7.93. The van der Waals surface area contributed by atoms with Gasteiger partial charge in [0.15, 0.2) is 0 Å². The van der Waals surface area contributed by atoms with Gasteiger partial charge in [0.25, 0.3) is 0 Å². The summed E-state index contributed by atoms with van der Waals surface area (Å²) in [7, 11) is -2.90. The van der Waals surface area contributed by atoms with Gasteiger partial charge in [-0.05, 0) is 43.4 Å². The first-order chi connectivity index (χ1) is 6.94. The van der Waals surface area contributed by atoms with E-state index in [0.717, 1.165) is 18.3 Å². The molecule has 0 aromatic heterocycles. The fourth-order valence-corrected chi connectivity index (χ4v) is 4.42. The molecule has 0 spiro atoms. The number of hydrogen-bond acceptors (Lipinski definition) is 3. The van der Waals surface area contributed by atoms with Crippen LogP contribution in [0, 0.1) is 17.8 Å². The van der Waals surface area contributed by atoms with Crippen LogP contribution in [0.3, 0.4) is 0 Å². The average Bonchev–Trinajstić information content (AvgIpc) is 2.60. The second-order valence-electron chi connectivity index (χ2n) is 5.52. The molecule has 15 heavy (non-hydrogen) atoms. The molecular formula is C11H21NO2S. The standard InChI is InChI=1S/C11H21NO2S/c1-15(13,14)7-11(12)6-10-5-8-2-3-9(10)4-8/h8-11H,2-7,12H2,1H3. The van der Waals surface area contributed by atoms with Crippen molar-refractivity contribution < 1.29 is 8.42 Å². The van der Waals surface area contributed by atoms with Crippen LogP contribution in [0.1, 0.15) is 32.1 Å². The third-order valence-electron chi connectivity index (χ3n) is 4.01. The first kappa shape index (κ1) is 11.4. The van der Waals surface area contributed by atoms with Gasteiger partial charge in [-0.15, -0.1) is 0 Å². The largest absolute Gasteiger partial charge is 0.327 e. The van der Waals surface area contributed by atoms with Crippen molar-refractivity contribution in [1.82, 2.24) is 0 Å². The molecule has 4 atom stereocenters. The van der Waals surface area contributed by atoms with Crippen molar-refractivity contribution >= 4 is 9.84 Å². The van der Waals surface area contributed by atoms with E-state index in [1.54, 1.807) is 0 Å². The highest BCUT2D eigenvalue weighted by Crippen LogP contribution is 2.49. The normalized spacial score (nSPS) is 37.1. The van der Waals surface area contributed by atoms with Gasteiger partial charge in [-0.2, -0.15) is 0 Å². The zero-order valence-electron chi connectivity index (χ0n) is 9.35. The Morgan fingerprint density at radius 3 is 2.53 bits per heavy atom. The van der Waals surface area contributed by atoms with Crippen molar-refractivity contribution in [1.29, 1.82) is 0 Å². The maximum atomic E-state index is 11.1. The van der Waals surface area contributed by atoms with Gasteiger partial charge in [0.1, 0.15) is 9.84 Å². The van der Waals surface area contributed by atoms with Gasteiger partial charge in [-0.1, -0.05) is 6.42 Å². The summed E-state index contributed by atoms with van der Waals surface area (Å²) >= 11 is 0. The van der Waals surface area contributed by atoms with Crippen LogP contribution < -0.4 is 5.73 Å². The van der Waals surface area contributed by atoms with Crippen molar-refractivity contribution in [2.45, 2.75) is 38.1 Å². The zero-order valence-corrected chi connectivity index (χ0v) is 10.2. The fraction of sp³-hybridized carbons (Fsp3) is 1.00. The van der Waals surface area contributed by atoms with Crippen molar-refractivity contribution in [3.05, 3.63) is 0 Å². The van der Waals surface area contributed by atoms with Crippen molar-refractivity contribution in [2.75, 3.05) is 12.0 Å². The molecule has 2 N–H and O–H groups in total. The first-order valence-electron chi connectivity index (χ1n) is 5.87. The molecule has 0 heterocycles. The summed E-state index contributed by atoms with van der Waals surface area (Å²) in [5.74, 6) is 2.63. The van der Waals surface area contributed by atoms with E-state index in [-0.39, 0.29) is 11.8 Å². The molecule has 0 saturated heterocycles. The van der Waals surface area contributed by atoms with E-state index in [1.165, 1.54) is 31.9 Å². The number of rotatable bonds is 4. The van der Waals surface area contributed by atoms with Gasteiger partial charge < -0.3 is 5.73 Å². The summed E-state index contributed by atoms with van der Waals surface area (Å²) < 4.78 is 22.2. The second kappa shape index (κ2) is 4.06. The van der Waals surface area contributed by atoms with Gasteiger partial charge >= 0.3 is 0 Å². The monoisotopic (exact) mass is 231 g/mol. The smallest absolute Gasteiger partial charge is 0.148 e. The minimum Gasteiger partial charge on any atom is -0.327 e. The van der Waals surface area contributed by atoms with E-state index in [0.29, 0.717) is 5.92 Å². The van der Waals surface area contributed by atoms with E-state index in [4.69, 9.17) is 5.73 Å². The maximum Gasteiger partial charge on any atom is 0.148 e. The Bertz CT molecular complexity index is 325. The topological polar surface area (TPSA) is 60.2 Å². The lowest BCUT2D eigenvalue weighted by Gasteiger charge is -2.24. The predicted molar refractivity (Wildman–Crippen MR) is 61.2 cm³/mol. The molecule has 4 heteroatoms. The highest BCUT2D eigenvalue weighted by Gasteiger charge is 2.39. The van der Waals surface area contributed by atoms with Gasteiger partial charge in [-0.3, -0.25) is 0 Å². The third-order valence-corrected chi connectivity index (χ3v) is 5.04. The van der Waals surface area contributed by atoms with Crippen molar-refractivity contribution in [3.63, 3.8) is 0 Å². The Balaban J connectivity index is 1.82. The Labute approximate surface area is 92.3 Å². The van der Waals surface area contributed by atoms with E-state index in [2.05, 4.69) is 0 Å². The molecule has 2 saturated carbocycles. The minimum atomic E-state index is -2.90. The summed E-state index contributed by atoms with van der Waals surface area (Å²) in [4.78, 5) is 0. The van der Waals surface area contributed by atoms with Gasteiger partial charge in [-0.25, -0.2) is 8.42 Å². The highest BCUT2D eigenvalue weighted by molar-refractivity contribution is 7.90. The lowest BCUT2D eigenvalue weighted by molar-refractivity contribution is 0.300. The lowest BCUT2D eigenvalue weighted by atomic mass is 9.85. The highest BCUT2D eigenvalue weighted by atomic mass is 32.2. The summed E-state index contributed by atoms with van der Waals surface area (Å²) in [6, 6.07) is -0.149. The van der Waals surface area contributed by atoms with Gasteiger partial charge in [0.05, 0.1) is 5.75 Å². The molecule has 0 amide bonds. The molecule has 0 aliphatic heterocycles. The third kappa shape index (κ3) is 2.94. The Morgan fingerprint density at radius 1 is 1.33 bits per heavy atom. The quantitative estimate of drug-likeness (QED) is 0.790. The van der Waals surface area contributed by atoms with E-state index in [9.17, 15) is 8.42 Å². The molecule has 2 aliphatic carbocycles. The van der Waals surface area contributed by atoms with Gasteiger partial charge in [0.2, 0.25) is 0 Å². The van der Waals surface area contributed by atoms with Crippen molar-refractivity contribution in [2.24, 2.45) is 23.5 Å². The van der Waals surface area contributed by atoms with Crippen LogP contribution in [0.5, 0.6) is 0 Å². The Kier molecular flexibility index (Phi) is 3.08. The molecule has 2 aliphatic rings. The van der Waals surface area contributed by atoms with Crippen LogP contribution in [0.25, 0.3) is 0 Å². The summed E-state index contributed by atoms with van der Waals surface area (Å²) in [5.41, 5.74) is 5.89. The van der Waals surface area contributed by atoms with Crippen LogP contribution in [0.2, 0.25) is 0 Å². The molecule has 2 bridgehead atoms. The number of sulfone groups is 1. The van der Waals surface area contributed by atoms with E-state index >= 15 is 0 Å². The summed E-state index contributed by atoms with van der Waals surface area (Å²) in [6.07, 6.45) is 7.59. The molecular weight excluding hydrogens is 210 g/mol. The minimum absolute atomic E-state index is 0.149. The lowest BCUT2D eigenvalue weighted by Crippen LogP contribution is -2.32. The molecule has 2 rings (SSSR count). The molecule has 0 radical (unpaired) electrons. The number of nitrogens with two attached hydrogens (primary N) is 1. The van der Waals surface area contributed by atoms with Crippen LogP contribution in [-0.4, -0.2) is 26.5 Å². The predicted octanol–water partition coefficient (Wildman–Crippen LogP) is 1.18. The summed E-state index contributed by atoms with van der Waals surface area (Å²) in [5, 5.41) is 0. The maximum absolute atomic E-state index is 11.1. The number of hydrogen-bond donors (Lipinski definition) is 1. The Morgan fingerprint density at radius 2 is 2.07 bits per heavy atom. The number of fused-ring (bicyclic) bond motifs is 2. The molecule has 0 aromatic carbocycles. The van der Waals surface area contributed by atoms with E-state index in [1.807, 2.05) is 0 Å². The molecule has 3 nitrogen and oxygen atoms in total. The molecule has 2 fully saturated rings. The van der Waals surface area contributed by atoms with Crippen LogP contribution in [-0.2, 0) is 9.84 Å². The van der Waals surface area contributed by atoms with E-state index < -0.39 is 9.84 Å². The Hall–Kier alpha value is -0.0900. The SMILES string of the molecule is CS(=O)(=O)CC(N)CC1CC2CCC1C2. The van der Waals surface area contributed by atoms with Crippen LogP contribution in [0.15, 0.2) is 0 Å². The molecule has 0 aromatic rings. The van der Waals surface area contributed by atoms with Crippen LogP contribution in [0.4, 0.5) is 0 Å². The second-order valence-corrected chi connectivity index (χ2v) is 7.71.